The van der Waals surface area contributed by atoms with E-state index in [1.54, 1.807) is 0 Å². The van der Waals surface area contributed by atoms with E-state index in [4.69, 9.17) is 0 Å². The molecule has 240 valence electrons. The maximum Gasteiger partial charge on any atom is 0.333 e. The van der Waals surface area contributed by atoms with Crippen molar-refractivity contribution in [3.05, 3.63) is 99.2 Å². The van der Waals surface area contributed by atoms with Crippen molar-refractivity contribution in [1.82, 2.24) is 0 Å². The molecular formula is C42H61FSi. The van der Waals surface area contributed by atoms with E-state index >= 15 is 4.11 Å². The van der Waals surface area contributed by atoms with E-state index < -0.39 is 8.41 Å². The SMILES string of the molecule is CC(C)c1cc(C(C)C)c([Si](F)(/C=C(/c2ccccc2)C(C)(C)C)c2c(C(C)C)cc(C(C)C)cc2C(C)C)c(C(C)C)c1. The number of benzene rings is 3. The molecule has 0 bridgehead atoms. The third kappa shape index (κ3) is 7.49. The predicted octanol–water partition coefficient (Wildman–Crippen LogP) is 12.1. The van der Waals surface area contributed by atoms with Gasteiger partial charge in [0.1, 0.15) is 0 Å². The summed E-state index contributed by atoms with van der Waals surface area (Å²) in [7, 11) is -4.06. The van der Waals surface area contributed by atoms with Crippen LogP contribution in [-0.4, -0.2) is 8.41 Å². The maximum absolute atomic E-state index is 19.9. The molecule has 0 radical (unpaired) electrons. The second-order valence-corrected chi connectivity index (χ2v) is 18.7. The average Bonchev–Trinajstić information content (AvgIpc) is 2.93. The first-order valence-corrected chi connectivity index (χ1v) is 19.1. The zero-order chi connectivity index (χ0) is 33.3. The zero-order valence-electron chi connectivity index (χ0n) is 30.6. The van der Waals surface area contributed by atoms with Gasteiger partial charge in [-0.1, -0.05) is 164 Å². The predicted molar refractivity (Wildman–Crippen MR) is 197 cm³/mol. The van der Waals surface area contributed by atoms with E-state index in [1.165, 1.54) is 33.4 Å². The second-order valence-electron chi connectivity index (χ2n) is 16.0. The van der Waals surface area contributed by atoms with Crippen molar-refractivity contribution < 1.29 is 4.11 Å². The van der Waals surface area contributed by atoms with E-state index in [1.807, 2.05) is 0 Å². The van der Waals surface area contributed by atoms with Crippen molar-refractivity contribution in [3.8, 4) is 0 Å². The molecule has 0 saturated heterocycles. The Morgan fingerprint density at radius 3 is 1.11 bits per heavy atom. The van der Waals surface area contributed by atoms with Crippen LogP contribution in [0.25, 0.3) is 5.57 Å². The number of hydrogen-bond acceptors (Lipinski definition) is 0. The lowest BCUT2D eigenvalue weighted by molar-refractivity contribution is 0.567. The number of hydrogen-bond donors (Lipinski definition) is 0. The van der Waals surface area contributed by atoms with Gasteiger partial charge in [0.05, 0.1) is 0 Å². The lowest BCUT2D eigenvalue weighted by atomic mass is 9.83. The molecule has 0 amide bonds. The molecule has 3 aromatic rings. The van der Waals surface area contributed by atoms with Gasteiger partial charge in [-0.05, 0) is 95.8 Å². The van der Waals surface area contributed by atoms with Crippen molar-refractivity contribution in [2.45, 2.75) is 139 Å². The highest BCUT2D eigenvalue weighted by Crippen LogP contribution is 2.39. The Hall–Kier alpha value is -2.45. The smallest absolute Gasteiger partial charge is 0.296 e. The lowest BCUT2D eigenvalue weighted by Gasteiger charge is -2.36. The van der Waals surface area contributed by atoms with E-state index in [9.17, 15) is 0 Å². The Bertz CT molecular complexity index is 1310. The quantitative estimate of drug-likeness (QED) is 0.158. The second kappa shape index (κ2) is 13.9. The summed E-state index contributed by atoms with van der Waals surface area (Å²) in [6.07, 6.45) is 0. The minimum Gasteiger partial charge on any atom is -0.296 e. The van der Waals surface area contributed by atoms with Gasteiger partial charge in [-0.3, -0.25) is 4.11 Å². The van der Waals surface area contributed by atoms with Crippen LogP contribution in [0.5, 0.6) is 0 Å². The molecule has 44 heavy (non-hydrogen) atoms. The highest BCUT2D eigenvalue weighted by molar-refractivity contribution is 7.02. The molecule has 0 fully saturated rings. The topological polar surface area (TPSA) is 0 Å². The molecule has 0 N–H and O–H groups in total. The van der Waals surface area contributed by atoms with Gasteiger partial charge in [0, 0.05) is 0 Å². The Morgan fingerprint density at radius 2 is 0.864 bits per heavy atom. The molecule has 2 heteroatoms. The van der Waals surface area contributed by atoms with Gasteiger partial charge in [-0.2, -0.15) is 0 Å². The van der Waals surface area contributed by atoms with Crippen LogP contribution in [-0.2, 0) is 0 Å². The summed E-state index contributed by atoms with van der Waals surface area (Å²) >= 11 is 0. The molecule has 0 unspecified atom stereocenters. The van der Waals surface area contributed by atoms with Gasteiger partial charge in [0.2, 0.25) is 0 Å². The summed E-state index contributed by atoms with van der Waals surface area (Å²) in [4.78, 5) is 0. The fraction of sp³-hybridized carbons (Fsp3) is 0.524. The molecule has 0 spiro atoms. The normalized spacial score (nSPS) is 13.5. The van der Waals surface area contributed by atoms with Crippen LogP contribution in [0.1, 0.15) is 178 Å². The summed E-state index contributed by atoms with van der Waals surface area (Å²) in [5, 5.41) is 1.98. The van der Waals surface area contributed by atoms with Crippen LogP contribution in [0.2, 0.25) is 0 Å². The molecule has 0 saturated carbocycles. The molecular weight excluding hydrogens is 552 g/mol. The third-order valence-corrected chi connectivity index (χ3v) is 12.5. The molecule has 0 atom stereocenters. The zero-order valence-corrected chi connectivity index (χ0v) is 31.6. The van der Waals surface area contributed by atoms with E-state index in [0.717, 1.165) is 21.5 Å². The van der Waals surface area contributed by atoms with Crippen LogP contribution >= 0.6 is 0 Å². The highest BCUT2D eigenvalue weighted by Gasteiger charge is 2.47. The standard InChI is InChI=1S/C42H61FSi/c1-26(2)33-21-35(28(5)6)40(36(22-33)29(7)8)44(43,25-39(42(13,14)15)32-19-17-16-18-20-32)41-37(30(9)10)23-34(27(3)4)24-38(41)31(11)12/h16-31H,1-15H3/b39-25-. The lowest BCUT2D eigenvalue weighted by Crippen LogP contribution is -2.59. The van der Waals surface area contributed by atoms with E-state index in [0.29, 0.717) is 11.8 Å². The van der Waals surface area contributed by atoms with Crippen LogP contribution in [0, 0.1) is 5.41 Å². The van der Waals surface area contributed by atoms with Crippen LogP contribution in [0.3, 0.4) is 0 Å². The summed E-state index contributed by atoms with van der Waals surface area (Å²) in [5.74, 6) is 1.56. The molecule has 0 aliphatic carbocycles. The van der Waals surface area contributed by atoms with Crippen molar-refractivity contribution in [2.24, 2.45) is 5.41 Å². The van der Waals surface area contributed by atoms with Crippen LogP contribution in [0.4, 0.5) is 4.11 Å². The fourth-order valence-corrected chi connectivity index (χ4v) is 11.2. The minimum atomic E-state index is -4.06. The Labute approximate surface area is 271 Å². The number of allylic oxidation sites excluding steroid dienone is 1. The van der Waals surface area contributed by atoms with E-state index in [-0.39, 0.29) is 29.1 Å². The molecule has 3 rings (SSSR count). The molecule has 0 aliphatic rings. The monoisotopic (exact) mass is 612 g/mol. The minimum absolute atomic E-state index is 0.201. The van der Waals surface area contributed by atoms with Gasteiger partial charge in [-0.15, -0.1) is 0 Å². The first kappa shape index (κ1) is 36.0. The van der Waals surface area contributed by atoms with Gasteiger partial charge in [-0.25, -0.2) is 0 Å². The van der Waals surface area contributed by atoms with Crippen LogP contribution < -0.4 is 10.4 Å². The summed E-state index contributed by atoms with van der Waals surface area (Å²) < 4.78 is 19.9. The number of rotatable bonds is 10. The Morgan fingerprint density at radius 1 is 0.545 bits per heavy atom. The highest BCUT2D eigenvalue weighted by atomic mass is 28.4. The molecule has 0 heterocycles. The average molecular weight is 613 g/mol. The Kier molecular flexibility index (Phi) is 11.4. The third-order valence-electron chi connectivity index (χ3n) is 9.23. The van der Waals surface area contributed by atoms with Crippen molar-refractivity contribution in [2.75, 3.05) is 0 Å². The summed E-state index contributed by atoms with van der Waals surface area (Å²) in [6.45, 7) is 33.8. The van der Waals surface area contributed by atoms with Gasteiger partial charge in [0.15, 0.2) is 0 Å². The fourth-order valence-electron chi connectivity index (χ4n) is 6.57. The van der Waals surface area contributed by atoms with Crippen LogP contribution in [0.15, 0.2) is 60.3 Å². The van der Waals surface area contributed by atoms with Crippen molar-refractivity contribution in [3.63, 3.8) is 0 Å². The largest absolute Gasteiger partial charge is 0.333 e. The van der Waals surface area contributed by atoms with Gasteiger partial charge < -0.3 is 0 Å². The molecule has 0 aromatic heterocycles. The summed E-state index contributed by atoms with van der Waals surface area (Å²) in [6, 6.07) is 19.9. The first-order chi connectivity index (χ1) is 20.3. The van der Waals surface area contributed by atoms with Crippen molar-refractivity contribution >= 4 is 24.4 Å². The maximum atomic E-state index is 19.9. The van der Waals surface area contributed by atoms with Crippen molar-refractivity contribution in [1.29, 1.82) is 0 Å². The molecule has 0 nitrogen and oxygen atoms in total. The summed E-state index contributed by atoms with van der Waals surface area (Å²) in [5.41, 5.74) is 11.5. The molecule has 0 aliphatic heterocycles. The first-order valence-electron chi connectivity index (χ1n) is 17.1. The Balaban J connectivity index is 2.77. The van der Waals surface area contributed by atoms with E-state index in [2.05, 4.69) is 164 Å². The van der Waals surface area contributed by atoms with Gasteiger partial charge in [0.25, 0.3) is 0 Å². The number of halogens is 1. The van der Waals surface area contributed by atoms with Gasteiger partial charge >= 0.3 is 8.41 Å². The molecule has 3 aromatic carbocycles.